The Kier molecular flexibility index (Phi) is 5.21. The number of piperazine rings is 1. The smallest absolute Gasteiger partial charge is 0.187 e. The van der Waals surface area contributed by atoms with Crippen molar-refractivity contribution in [3.8, 4) is 0 Å². The Labute approximate surface area is 148 Å². The fourth-order valence-corrected chi connectivity index (χ4v) is 2.89. The van der Waals surface area contributed by atoms with Crippen LogP contribution in [0.4, 0.5) is 5.69 Å². The van der Waals surface area contributed by atoms with Crippen molar-refractivity contribution in [3.05, 3.63) is 77.0 Å². The molecule has 0 unspecified atom stereocenters. The summed E-state index contributed by atoms with van der Waals surface area (Å²) in [6.45, 7) is 5.69. The molecule has 124 valence electrons. The third-order valence-electron chi connectivity index (χ3n) is 4.28. The molecule has 0 amide bonds. The van der Waals surface area contributed by atoms with E-state index in [2.05, 4.69) is 21.9 Å². The number of hydrogen-bond acceptors (Lipinski definition) is 3. The van der Waals surface area contributed by atoms with E-state index in [-0.39, 0.29) is 5.78 Å². The average Bonchev–Trinajstić information content (AvgIpc) is 2.61. The average molecular weight is 341 g/mol. The molecule has 0 radical (unpaired) electrons. The highest BCUT2D eigenvalue weighted by atomic mass is 35.5. The molecule has 4 heteroatoms. The first-order valence-corrected chi connectivity index (χ1v) is 8.53. The predicted octanol–water partition coefficient (Wildman–Crippen LogP) is 4.17. The van der Waals surface area contributed by atoms with E-state index in [1.54, 1.807) is 6.08 Å². The molecule has 1 aliphatic rings. The van der Waals surface area contributed by atoms with Crippen molar-refractivity contribution >= 4 is 23.1 Å². The number of hydrogen-bond donors (Lipinski definition) is 0. The molecule has 24 heavy (non-hydrogen) atoms. The summed E-state index contributed by atoms with van der Waals surface area (Å²) >= 11 is 5.94. The van der Waals surface area contributed by atoms with Gasteiger partial charge in [0.2, 0.25) is 0 Å². The zero-order valence-electron chi connectivity index (χ0n) is 13.8. The number of rotatable bonds is 4. The molecule has 0 aromatic heterocycles. The van der Waals surface area contributed by atoms with Crippen LogP contribution in [-0.2, 0) is 0 Å². The number of ketones is 1. The van der Waals surface area contributed by atoms with Crippen LogP contribution in [0, 0.1) is 6.92 Å². The van der Waals surface area contributed by atoms with Crippen molar-refractivity contribution in [1.29, 1.82) is 0 Å². The summed E-state index contributed by atoms with van der Waals surface area (Å²) in [4.78, 5) is 16.7. The fourth-order valence-electron chi connectivity index (χ4n) is 2.77. The number of halogens is 1. The minimum Gasteiger partial charge on any atom is -0.374 e. The first-order chi connectivity index (χ1) is 11.6. The van der Waals surface area contributed by atoms with E-state index in [4.69, 9.17) is 11.6 Å². The standard InChI is InChI=1S/C20H21ClN2O/c1-16-2-4-17(5-3-16)20(24)10-11-22-12-14-23(15-13-22)19-8-6-18(21)7-9-19/h2-11H,12-15H2,1H3/b11-10-. The van der Waals surface area contributed by atoms with Gasteiger partial charge >= 0.3 is 0 Å². The molecule has 0 atom stereocenters. The van der Waals surface area contributed by atoms with E-state index >= 15 is 0 Å². The number of aryl methyl sites for hydroxylation is 1. The molecule has 0 aliphatic carbocycles. The molecule has 0 saturated carbocycles. The van der Waals surface area contributed by atoms with Crippen molar-refractivity contribution < 1.29 is 4.79 Å². The van der Waals surface area contributed by atoms with Gasteiger partial charge in [-0.1, -0.05) is 41.4 Å². The second-order valence-corrected chi connectivity index (χ2v) is 6.48. The third-order valence-corrected chi connectivity index (χ3v) is 4.53. The first kappa shape index (κ1) is 16.6. The largest absolute Gasteiger partial charge is 0.374 e. The number of benzene rings is 2. The van der Waals surface area contributed by atoms with Gasteiger partial charge in [0.25, 0.3) is 0 Å². The number of nitrogens with zero attached hydrogens (tertiary/aromatic N) is 2. The van der Waals surface area contributed by atoms with Gasteiger partial charge in [-0.25, -0.2) is 0 Å². The molecule has 0 N–H and O–H groups in total. The maximum Gasteiger partial charge on any atom is 0.187 e. The summed E-state index contributed by atoms with van der Waals surface area (Å²) in [6.07, 6.45) is 3.59. The molecular weight excluding hydrogens is 320 g/mol. The van der Waals surface area contributed by atoms with Gasteiger partial charge in [-0.3, -0.25) is 4.79 Å². The Bertz CT molecular complexity index is 714. The molecular formula is C20H21ClN2O. The highest BCUT2D eigenvalue weighted by Crippen LogP contribution is 2.19. The summed E-state index contributed by atoms with van der Waals surface area (Å²) < 4.78 is 0. The van der Waals surface area contributed by atoms with Gasteiger partial charge in [0.15, 0.2) is 5.78 Å². The van der Waals surface area contributed by atoms with Crippen LogP contribution < -0.4 is 4.90 Å². The van der Waals surface area contributed by atoms with Gasteiger partial charge in [-0.05, 0) is 31.2 Å². The summed E-state index contributed by atoms with van der Waals surface area (Å²) in [5, 5.41) is 0.759. The molecule has 1 fully saturated rings. The van der Waals surface area contributed by atoms with Crippen LogP contribution in [0.25, 0.3) is 0 Å². The van der Waals surface area contributed by atoms with Crippen LogP contribution in [-0.4, -0.2) is 36.9 Å². The Hall–Kier alpha value is -2.26. The molecule has 0 bridgehead atoms. The SMILES string of the molecule is Cc1ccc(C(=O)/C=C\N2CCN(c3ccc(Cl)cc3)CC2)cc1. The van der Waals surface area contributed by atoms with Crippen LogP contribution in [0.1, 0.15) is 15.9 Å². The lowest BCUT2D eigenvalue weighted by Crippen LogP contribution is -2.44. The van der Waals surface area contributed by atoms with E-state index < -0.39 is 0 Å². The zero-order valence-corrected chi connectivity index (χ0v) is 14.5. The summed E-state index contributed by atoms with van der Waals surface area (Å²) in [6, 6.07) is 15.6. The third kappa shape index (κ3) is 4.18. The molecule has 1 aliphatic heterocycles. The molecule has 3 nitrogen and oxygen atoms in total. The topological polar surface area (TPSA) is 23.6 Å². The monoisotopic (exact) mass is 340 g/mol. The van der Waals surface area contributed by atoms with Crippen LogP contribution in [0.2, 0.25) is 5.02 Å². The van der Waals surface area contributed by atoms with Crippen molar-refractivity contribution in [2.75, 3.05) is 31.1 Å². The van der Waals surface area contributed by atoms with Crippen molar-refractivity contribution in [2.24, 2.45) is 0 Å². The Morgan fingerprint density at radius 1 is 0.958 bits per heavy atom. The maximum atomic E-state index is 12.2. The molecule has 1 saturated heterocycles. The summed E-state index contributed by atoms with van der Waals surface area (Å²) in [5.74, 6) is 0.0510. The fraction of sp³-hybridized carbons (Fsp3) is 0.250. The predicted molar refractivity (Wildman–Crippen MR) is 99.9 cm³/mol. The zero-order chi connectivity index (χ0) is 16.9. The van der Waals surface area contributed by atoms with Crippen LogP contribution >= 0.6 is 11.6 Å². The minimum atomic E-state index is 0.0510. The van der Waals surface area contributed by atoms with E-state index in [9.17, 15) is 4.79 Å². The van der Waals surface area contributed by atoms with Gasteiger partial charge in [0, 0.05) is 54.7 Å². The summed E-state index contributed by atoms with van der Waals surface area (Å²) in [7, 11) is 0. The second-order valence-electron chi connectivity index (χ2n) is 6.05. The summed E-state index contributed by atoms with van der Waals surface area (Å²) in [5.41, 5.74) is 3.09. The lowest BCUT2D eigenvalue weighted by molar-refractivity contribution is 0.104. The normalized spacial score (nSPS) is 15.1. The highest BCUT2D eigenvalue weighted by Gasteiger charge is 2.15. The number of carbonyl (C=O) groups is 1. The Morgan fingerprint density at radius 3 is 2.21 bits per heavy atom. The number of carbonyl (C=O) groups excluding carboxylic acids is 1. The van der Waals surface area contributed by atoms with Gasteiger partial charge in [0.1, 0.15) is 0 Å². The van der Waals surface area contributed by atoms with Gasteiger partial charge in [0.05, 0.1) is 0 Å². The molecule has 1 heterocycles. The van der Waals surface area contributed by atoms with Crippen LogP contribution in [0.3, 0.4) is 0 Å². The van der Waals surface area contributed by atoms with Crippen molar-refractivity contribution in [2.45, 2.75) is 6.92 Å². The van der Waals surface area contributed by atoms with E-state index in [1.807, 2.05) is 49.5 Å². The maximum absolute atomic E-state index is 12.2. The first-order valence-electron chi connectivity index (χ1n) is 8.15. The van der Waals surface area contributed by atoms with Gasteiger partial charge in [-0.15, -0.1) is 0 Å². The van der Waals surface area contributed by atoms with Gasteiger partial charge < -0.3 is 9.80 Å². The van der Waals surface area contributed by atoms with E-state index in [0.717, 1.165) is 42.3 Å². The van der Waals surface area contributed by atoms with E-state index in [1.165, 1.54) is 5.69 Å². The Balaban J connectivity index is 1.54. The molecule has 2 aromatic rings. The lowest BCUT2D eigenvalue weighted by Gasteiger charge is -2.35. The van der Waals surface area contributed by atoms with Crippen molar-refractivity contribution in [1.82, 2.24) is 4.90 Å². The molecule has 2 aromatic carbocycles. The minimum absolute atomic E-state index is 0.0510. The second kappa shape index (κ2) is 7.54. The number of allylic oxidation sites excluding steroid dienone is 1. The molecule has 0 spiro atoms. The van der Waals surface area contributed by atoms with Crippen molar-refractivity contribution in [3.63, 3.8) is 0 Å². The highest BCUT2D eigenvalue weighted by molar-refractivity contribution is 6.30. The molecule has 3 rings (SSSR count). The van der Waals surface area contributed by atoms with Crippen LogP contribution in [0.5, 0.6) is 0 Å². The quantitative estimate of drug-likeness (QED) is 0.616. The number of anilines is 1. The van der Waals surface area contributed by atoms with E-state index in [0.29, 0.717) is 0 Å². The van der Waals surface area contributed by atoms with Crippen LogP contribution in [0.15, 0.2) is 60.8 Å². The lowest BCUT2D eigenvalue weighted by atomic mass is 10.1. The Morgan fingerprint density at radius 2 is 1.58 bits per heavy atom. The van der Waals surface area contributed by atoms with Gasteiger partial charge in [-0.2, -0.15) is 0 Å².